The van der Waals surface area contributed by atoms with E-state index in [0.717, 1.165) is 15.8 Å². The number of nitrogens with one attached hydrogen (secondary N) is 1. The number of nitrogens with zero attached hydrogens (tertiary/aromatic N) is 1. The lowest BCUT2D eigenvalue weighted by Crippen LogP contribution is -2.33. The quantitative estimate of drug-likeness (QED) is 0.635. The first kappa shape index (κ1) is 16.1. The predicted molar refractivity (Wildman–Crippen MR) is 81.9 cm³/mol. The Kier molecular flexibility index (Phi) is 6.96. The number of rotatable bonds is 6. The maximum atomic E-state index is 12.0. The number of hydrogen-bond acceptors (Lipinski definition) is 3. The van der Waals surface area contributed by atoms with Gasteiger partial charge in [-0.15, -0.1) is 11.8 Å². The van der Waals surface area contributed by atoms with E-state index in [-0.39, 0.29) is 17.7 Å². The van der Waals surface area contributed by atoms with Crippen molar-refractivity contribution >= 4 is 33.6 Å². The Labute approximate surface area is 126 Å². The lowest BCUT2D eigenvalue weighted by molar-refractivity contribution is -0.120. The third-order valence-electron chi connectivity index (χ3n) is 2.39. The van der Waals surface area contributed by atoms with Gasteiger partial charge in [0, 0.05) is 9.37 Å². The molecule has 0 aliphatic heterocycles. The molecule has 1 amide bonds. The molecule has 102 valence electrons. The Morgan fingerprint density at radius 1 is 1.53 bits per heavy atom. The highest BCUT2D eigenvalue weighted by atomic mass is 79.9. The third kappa shape index (κ3) is 6.13. The Morgan fingerprint density at radius 2 is 2.26 bits per heavy atom. The van der Waals surface area contributed by atoms with Crippen LogP contribution in [0.3, 0.4) is 0 Å². The SMILES string of the molecule is CC(C)CC(Sc1cccc(Br)c1)C(=O)NCC#N. The normalized spacial score (nSPS) is 11.9. The van der Waals surface area contributed by atoms with Crippen LogP contribution in [0, 0.1) is 17.2 Å². The second-order valence-corrected chi connectivity index (χ2v) is 6.76. The van der Waals surface area contributed by atoms with Crippen LogP contribution < -0.4 is 5.32 Å². The molecule has 1 aromatic rings. The first-order valence-corrected chi connectivity index (χ1v) is 7.77. The van der Waals surface area contributed by atoms with E-state index >= 15 is 0 Å². The maximum Gasteiger partial charge on any atom is 0.234 e. The van der Waals surface area contributed by atoms with Crippen molar-refractivity contribution in [1.29, 1.82) is 5.26 Å². The lowest BCUT2D eigenvalue weighted by atomic mass is 10.1. The van der Waals surface area contributed by atoms with Crippen molar-refractivity contribution in [2.24, 2.45) is 5.92 Å². The molecule has 19 heavy (non-hydrogen) atoms. The van der Waals surface area contributed by atoms with Gasteiger partial charge in [-0.05, 0) is 30.5 Å². The molecule has 0 aromatic heterocycles. The van der Waals surface area contributed by atoms with E-state index in [2.05, 4.69) is 35.1 Å². The van der Waals surface area contributed by atoms with Gasteiger partial charge in [-0.2, -0.15) is 5.26 Å². The summed E-state index contributed by atoms with van der Waals surface area (Å²) >= 11 is 4.96. The van der Waals surface area contributed by atoms with Crippen LogP contribution in [-0.2, 0) is 4.79 Å². The number of nitriles is 1. The summed E-state index contributed by atoms with van der Waals surface area (Å²) in [6.07, 6.45) is 0.786. The Morgan fingerprint density at radius 3 is 2.84 bits per heavy atom. The summed E-state index contributed by atoms with van der Waals surface area (Å²) in [5.74, 6) is 0.359. The van der Waals surface area contributed by atoms with E-state index in [1.807, 2.05) is 30.3 Å². The van der Waals surface area contributed by atoms with Gasteiger partial charge in [0.2, 0.25) is 5.91 Å². The van der Waals surface area contributed by atoms with Crippen molar-refractivity contribution in [3.8, 4) is 6.07 Å². The van der Waals surface area contributed by atoms with Crippen molar-refractivity contribution < 1.29 is 4.79 Å². The molecule has 1 rings (SSSR count). The van der Waals surface area contributed by atoms with Crippen molar-refractivity contribution in [2.45, 2.75) is 30.4 Å². The average Bonchev–Trinajstić information content (AvgIpc) is 2.34. The topological polar surface area (TPSA) is 52.9 Å². The molecular formula is C14H17BrN2OS. The third-order valence-corrected chi connectivity index (χ3v) is 4.10. The summed E-state index contributed by atoms with van der Waals surface area (Å²) in [5, 5.41) is 11.0. The molecule has 0 radical (unpaired) electrons. The molecule has 0 aliphatic carbocycles. The molecular weight excluding hydrogens is 324 g/mol. The number of carbonyl (C=O) groups excluding carboxylic acids is 1. The van der Waals surface area contributed by atoms with Crippen LogP contribution in [0.2, 0.25) is 0 Å². The molecule has 1 atom stereocenters. The number of benzene rings is 1. The monoisotopic (exact) mass is 340 g/mol. The molecule has 0 saturated heterocycles. The highest BCUT2D eigenvalue weighted by Crippen LogP contribution is 2.29. The van der Waals surface area contributed by atoms with Gasteiger partial charge in [-0.3, -0.25) is 4.79 Å². The molecule has 1 N–H and O–H groups in total. The summed E-state index contributed by atoms with van der Waals surface area (Å²) < 4.78 is 0.998. The molecule has 5 heteroatoms. The Bertz CT molecular complexity index is 471. The van der Waals surface area contributed by atoms with Crippen LogP contribution in [0.5, 0.6) is 0 Å². The van der Waals surface area contributed by atoms with Crippen LogP contribution >= 0.6 is 27.7 Å². The number of carbonyl (C=O) groups is 1. The van der Waals surface area contributed by atoms with Crippen LogP contribution in [0.25, 0.3) is 0 Å². The molecule has 0 bridgehead atoms. The van der Waals surface area contributed by atoms with Gasteiger partial charge in [0.25, 0.3) is 0 Å². The van der Waals surface area contributed by atoms with Gasteiger partial charge < -0.3 is 5.32 Å². The summed E-state index contributed by atoms with van der Waals surface area (Å²) in [7, 11) is 0. The van der Waals surface area contributed by atoms with Gasteiger partial charge in [0.05, 0.1) is 11.3 Å². The standard InChI is InChI=1S/C14H17BrN2OS/c1-10(2)8-13(14(18)17-7-6-16)19-12-5-3-4-11(15)9-12/h3-5,9-10,13H,7-8H2,1-2H3,(H,17,18). The second kappa shape index (κ2) is 8.23. The summed E-state index contributed by atoms with van der Waals surface area (Å²) in [6.45, 7) is 4.24. The van der Waals surface area contributed by atoms with Crippen LogP contribution in [0.4, 0.5) is 0 Å². The fourth-order valence-electron chi connectivity index (χ4n) is 1.58. The van der Waals surface area contributed by atoms with E-state index in [1.54, 1.807) is 0 Å². The highest BCUT2D eigenvalue weighted by Gasteiger charge is 2.20. The molecule has 0 fully saturated rings. The minimum atomic E-state index is -0.164. The Hall–Kier alpha value is -0.990. The molecule has 1 unspecified atom stereocenters. The van der Waals surface area contributed by atoms with Crippen LogP contribution in [0.1, 0.15) is 20.3 Å². The molecule has 0 aliphatic rings. The van der Waals surface area contributed by atoms with Gasteiger partial charge in [-0.25, -0.2) is 0 Å². The van der Waals surface area contributed by atoms with E-state index in [0.29, 0.717) is 5.92 Å². The van der Waals surface area contributed by atoms with E-state index < -0.39 is 0 Å². The van der Waals surface area contributed by atoms with Crippen molar-refractivity contribution in [3.05, 3.63) is 28.7 Å². The summed E-state index contributed by atoms with van der Waals surface area (Å²) in [4.78, 5) is 13.1. The minimum absolute atomic E-state index is 0.0620. The molecule has 0 spiro atoms. The zero-order valence-electron chi connectivity index (χ0n) is 11.0. The largest absolute Gasteiger partial charge is 0.342 e. The van der Waals surface area contributed by atoms with Crippen LogP contribution in [0.15, 0.2) is 33.6 Å². The summed E-state index contributed by atoms with van der Waals surface area (Å²) in [5.41, 5.74) is 0. The minimum Gasteiger partial charge on any atom is -0.342 e. The van der Waals surface area contributed by atoms with Gasteiger partial charge in [-0.1, -0.05) is 35.8 Å². The molecule has 0 heterocycles. The zero-order chi connectivity index (χ0) is 14.3. The van der Waals surface area contributed by atoms with E-state index in [1.165, 1.54) is 11.8 Å². The van der Waals surface area contributed by atoms with Crippen molar-refractivity contribution in [2.75, 3.05) is 6.54 Å². The van der Waals surface area contributed by atoms with Gasteiger partial charge in [0.1, 0.15) is 6.54 Å². The number of amides is 1. The van der Waals surface area contributed by atoms with E-state index in [4.69, 9.17) is 5.26 Å². The molecule has 3 nitrogen and oxygen atoms in total. The van der Waals surface area contributed by atoms with Crippen molar-refractivity contribution in [3.63, 3.8) is 0 Å². The molecule has 1 aromatic carbocycles. The summed E-state index contributed by atoms with van der Waals surface area (Å²) in [6, 6.07) is 9.82. The van der Waals surface area contributed by atoms with E-state index in [9.17, 15) is 4.79 Å². The average molecular weight is 341 g/mol. The molecule has 0 saturated carbocycles. The number of thioether (sulfide) groups is 1. The fraction of sp³-hybridized carbons (Fsp3) is 0.429. The number of halogens is 1. The van der Waals surface area contributed by atoms with Gasteiger partial charge >= 0.3 is 0 Å². The second-order valence-electron chi connectivity index (χ2n) is 4.57. The lowest BCUT2D eigenvalue weighted by Gasteiger charge is -2.17. The van der Waals surface area contributed by atoms with Crippen LogP contribution in [-0.4, -0.2) is 17.7 Å². The first-order valence-electron chi connectivity index (χ1n) is 6.09. The Balaban J connectivity index is 2.74. The predicted octanol–water partition coefficient (Wildman–Crippen LogP) is 3.60. The highest BCUT2D eigenvalue weighted by molar-refractivity contribution is 9.10. The fourth-order valence-corrected chi connectivity index (χ4v) is 3.48. The zero-order valence-corrected chi connectivity index (χ0v) is 13.4. The smallest absolute Gasteiger partial charge is 0.234 e. The van der Waals surface area contributed by atoms with Gasteiger partial charge in [0.15, 0.2) is 0 Å². The number of hydrogen-bond donors (Lipinski definition) is 1. The first-order chi connectivity index (χ1) is 9.02. The van der Waals surface area contributed by atoms with Crippen molar-refractivity contribution in [1.82, 2.24) is 5.32 Å². The maximum absolute atomic E-state index is 12.0.